The number of amides is 1. The Morgan fingerprint density at radius 3 is 2.40 bits per heavy atom. The van der Waals surface area contributed by atoms with Gasteiger partial charge in [-0.3, -0.25) is 9.69 Å². The van der Waals surface area contributed by atoms with Gasteiger partial charge in [0.2, 0.25) is 15.9 Å². The molecule has 0 spiro atoms. The number of carbonyl (C=O) groups excluding carboxylic acids is 1. The highest BCUT2D eigenvalue weighted by atomic mass is 32.2. The van der Waals surface area contributed by atoms with Gasteiger partial charge in [-0.25, -0.2) is 12.8 Å². The summed E-state index contributed by atoms with van der Waals surface area (Å²) in [6, 6.07) is 6.98. The van der Waals surface area contributed by atoms with Gasteiger partial charge in [-0.15, -0.1) is 0 Å². The van der Waals surface area contributed by atoms with Crippen LogP contribution in [0.25, 0.3) is 0 Å². The van der Waals surface area contributed by atoms with Crippen LogP contribution >= 0.6 is 0 Å². The Morgan fingerprint density at radius 2 is 1.84 bits per heavy atom. The van der Waals surface area contributed by atoms with Crippen molar-refractivity contribution in [3.05, 3.63) is 35.6 Å². The Kier molecular flexibility index (Phi) is 5.41. The third-order valence-electron chi connectivity index (χ3n) is 4.79. The third-order valence-corrected chi connectivity index (χ3v) is 6.10. The van der Waals surface area contributed by atoms with Gasteiger partial charge in [-0.1, -0.05) is 18.2 Å². The van der Waals surface area contributed by atoms with Gasteiger partial charge in [-0.05, 0) is 18.9 Å². The first kappa shape index (κ1) is 18.3. The van der Waals surface area contributed by atoms with Crippen molar-refractivity contribution in [3.63, 3.8) is 0 Å². The molecule has 0 bridgehead atoms. The Bertz CT molecular complexity index is 728. The quantitative estimate of drug-likeness (QED) is 0.747. The maximum absolute atomic E-state index is 13.9. The summed E-state index contributed by atoms with van der Waals surface area (Å²) in [5.74, 6) is -0.265. The number of hydrogen-bond acceptors (Lipinski definition) is 4. The van der Waals surface area contributed by atoms with Gasteiger partial charge in [0.15, 0.2) is 0 Å². The molecule has 25 heavy (non-hydrogen) atoms. The summed E-state index contributed by atoms with van der Waals surface area (Å²) in [5.41, 5.74) is 0.601. The largest absolute Gasteiger partial charge is 0.339 e. The molecule has 2 aliphatic rings. The van der Waals surface area contributed by atoms with Crippen molar-refractivity contribution in [3.8, 4) is 0 Å². The Labute approximate surface area is 148 Å². The van der Waals surface area contributed by atoms with Gasteiger partial charge < -0.3 is 4.90 Å². The molecule has 0 radical (unpaired) electrons. The number of hydrogen-bond donors (Lipinski definition) is 0. The van der Waals surface area contributed by atoms with Crippen molar-refractivity contribution >= 4 is 15.9 Å². The number of sulfonamides is 1. The van der Waals surface area contributed by atoms with Crippen molar-refractivity contribution in [2.24, 2.45) is 0 Å². The van der Waals surface area contributed by atoms with E-state index in [1.165, 1.54) is 16.6 Å². The number of piperazine rings is 1. The molecule has 0 atom stereocenters. The smallest absolute Gasteiger partial charge is 0.236 e. The van der Waals surface area contributed by atoms with E-state index in [0.717, 1.165) is 12.8 Å². The molecule has 1 saturated heterocycles. The first-order valence-electron chi connectivity index (χ1n) is 8.55. The predicted molar refractivity (Wildman–Crippen MR) is 92.8 cm³/mol. The summed E-state index contributed by atoms with van der Waals surface area (Å²) >= 11 is 0. The summed E-state index contributed by atoms with van der Waals surface area (Å²) < 4.78 is 38.4. The summed E-state index contributed by atoms with van der Waals surface area (Å²) in [7, 11) is -3.20. The predicted octanol–water partition coefficient (Wildman–Crippen LogP) is 0.894. The molecule has 1 amide bonds. The van der Waals surface area contributed by atoms with Gasteiger partial charge in [-0.2, -0.15) is 4.31 Å². The molecule has 1 aromatic rings. The van der Waals surface area contributed by atoms with Crippen LogP contribution in [0.3, 0.4) is 0 Å². The molecule has 2 fully saturated rings. The third kappa shape index (κ3) is 4.77. The minimum Gasteiger partial charge on any atom is -0.339 e. The molecule has 8 heteroatoms. The van der Waals surface area contributed by atoms with Crippen molar-refractivity contribution in [2.75, 3.05) is 39.0 Å². The van der Waals surface area contributed by atoms with Crippen molar-refractivity contribution in [1.29, 1.82) is 0 Å². The number of rotatable bonds is 6. The number of nitrogens with zero attached hydrogens (tertiary/aromatic N) is 3. The summed E-state index contributed by atoms with van der Waals surface area (Å²) in [4.78, 5) is 16.3. The van der Waals surface area contributed by atoms with Crippen molar-refractivity contribution in [1.82, 2.24) is 14.1 Å². The lowest BCUT2D eigenvalue weighted by Crippen LogP contribution is -2.52. The second-order valence-corrected chi connectivity index (χ2v) is 8.75. The van der Waals surface area contributed by atoms with Gasteiger partial charge in [0.05, 0.1) is 12.8 Å². The van der Waals surface area contributed by atoms with Gasteiger partial charge in [0, 0.05) is 44.3 Å². The van der Waals surface area contributed by atoms with E-state index in [9.17, 15) is 17.6 Å². The molecule has 6 nitrogen and oxygen atoms in total. The molecule has 1 aromatic carbocycles. The summed E-state index contributed by atoms with van der Waals surface area (Å²) in [5, 5.41) is 0. The van der Waals surface area contributed by atoms with E-state index >= 15 is 0 Å². The minimum atomic E-state index is -3.20. The van der Waals surface area contributed by atoms with E-state index in [4.69, 9.17) is 0 Å². The Morgan fingerprint density at radius 1 is 1.20 bits per heavy atom. The lowest BCUT2D eigenvalue weighted by Gasteiger charge is -2.34. The molecule has 3 rings (SSSR count). The fraction of sp³-hybridized carbons (Fsp3) is 0.588. The van der Waals surface area contributed by atoms with Crippen LogP contribution < -0.4 is 0 Å². The lowest BCUT2D eigenvalue weighted by molar-refractivity contribution is -0.133. The summed E-state index contributed by atoms with van der Waals surface area (Å²) in [6.07, 6.45) is 3.25. The Balaban J connectivity index is 1.58. The molecule has 1 saturated carbocycles. The second-order valence-electron chi connectivity index (χ2n) is 6.77. The van der Waals surface area contributed by atoms with Crippen LogP contribution in [0.15, 0.2) is 24.3 Å². The Hall–Kier alpha value is -1.51. The zero-order valence-electron chi connectivity index (χ0n) is 14.4. The SMILES string of the molecule is CS(=O)(=O)N1CCN(C(=O)CN(Cc2ccccc2F)C2CC2)CC1. The van der Waals surface area contributed by atoms with Crippen molar-refractivity contribution < 1.29 is 17.6 Å². The molecule has 1 heterocycles. The number of benzene rings is 1. The zero-order valence-corrected chi connectivity index (χ0v) is 15.2. The van der Waals surface area contributed by atoms with Crippen LogP contribution in [0.1, 0.15) is 18.4 Å². The molecule has 0 unspecified atom stereocenters. The van der Waals surface area contributed by atoms with Gasteiger partial charge in [0.25, 0.3) is 0 Å². The molecular formula is C17H24FN3O3S. The fourth-order valence-electron chi connectivity index (χ4n) is 3.14. The lowest BCUT2D eigenvalue weighted by atomic mass is 10.2. The van der Waals surface area contributed by atoms with Crippen LogP contribution in [0, 0.1) is 5.82 Å². The van der Waals surface area contributed by atoms with Crippen molar-refractivity contribution in [2.45, 2.75) is 25.4 Å². The fourth-order valence-corrected chi connectivity index (χ4v) is 3.97. The highest BCUT2D eigenvalue weighted by molar-refractivity contribution is 7.88. The monoisotopic (exact) mass is 369 g/mol. The van der Waals surface area contributed by atoms with Crippen LogP contribution in [0.2, 0.25) is 0 Å². The molecule has 0 N–H and O–H groups in total. The average molecular weight is 369 g/mol. The van der Waals surface area contributed by atoms with Gasteiger partial charge >= 0.3 is 0 Å². The topological polar surface area (TPSA) is 60.9 Å². The highest BCUT2D eigenvalue weighted by Gasteiger charge is 2.33. The van der Waals surface area contributed by atoms with E-state index in [2.05, 4.69) is 0 Å². The molecular weight excluding hydrogens is 345 g/mol. The highest BCUT2D eigenvalue weighted by Crippen LogP contribution is 2.28. The first-order valence-corrected chi connectivity index (χ1v) is 10.4. The van der Waals surface area contributed by atoms with Crippen LogP contribution in [0.5, 0.6) is 0 Å². The maximum atomic E-state index is 13.9. The summed E-state index contributed by atoms with van der Waals surface area (Å²) in [6.45, 7) is 2.15. The second kappa shape index (κ2) is 7.39. The van der Waals surface area contributed by atoms with Gasteiger partial charge in [0.1, 0.15) is 5.82 Å². The van der Waals surface area contributed by atoms with E-state index in [0.29, 0.717) is 44.3 Å². The average Bonchev–Trinajstić information content (AvgIpc) is 3.40. The van der Waals surface area contributed by atoms with Crippen LogP contribution in [-0.4, -0.2) is 73.5 Å². The number of carbonyl (C=O) groups is 1. The van der Waals surface area contributed by atoms with E-state index in [-0.39, 0.29) is 18.3 Å². The van der Waals surface area contributed by atoms with E-state index in [1.807, 2.05) is 4.90 Å². The molecule has 0 aromatic heterocycles. The normalized spacial score (nSPS) is 19.4. The first-order chi connectivity index (χ1) is 11.8. The zero-order chi connectivity index (χ0) is 18.0. The molecule has 1 aliphatic heterocycles. The van der Waals surface area contributed by atoms with Crippen LogP contribution in [-0.2, 0) is 21.4 Å². The molecule has 138 valence electrons. The molecule has 1 aliphatic carbocycles. The van der Waals surface area contributed by atoms with Crippen LogP contribution in [0.4, 0.5) is 4.39 Å². The maximum Gasteiger partial charge on any atom is 0.236 e. The van der Waals surface area contributed by atoms with E-state index < -0.39 is 10.0 Å². The standard InChI is InChI=1S/C17H24FN3O3S/c1-25(23,24)21-10-8-19(9-11-21)17(22)13-20(15-6-7-15)12-14-4-2-3-5-16(14)18/h2-5,15H,6-13H2,1H3. The number of halogens is 1. The minimum absolute atomic E-state index is 0.0172. The van der Waals surface area contributed by atoms with E-state index in [1.54, 1.807) is 23.1 Å².